The molecule has 0 bridgehead atoms. The van der Waals surface area contributed by atoms with Crippen molar-refractivity contribution >= 4 is 55.0 Å². The first-order valence-corrected chi connectivity index (χ1v) is 9.73. The summed E-state index contributed by atoms with van der Waals surface area (Å²) in [7, 11) is 0. The quantitative estimate of drug-likeness (QED) is 0.603. The van der Waals surface area contributed by atoms with Crippen molar-refractivity contribution in [2.75, 3.05) is 11.9 Å². The molecule has 0 aliphatic carbocycles. The van der Waals surface area contributed by atoms with E-state index in [-0.39, 0.29) is 24.6 Å². The van der Waals surface area contributed by atoms with Crippen LogP contribution in [0.15, 0.2) is 39.9 Å². The molecule has 0 aliphatic heterocycles. The number of aromatic nitrogens is 2. The molecule has 1 N–H and O–H groups in total. The van der Waals surface area contributed by atoms with Crippen molar-refractivity contribution in [2.24, 2.45) is 0 Å². The minimum atomic E-state index is -0.476. The van der Waals surface area contributed by atoms with Gasteiger partial charge in [-0.05, 0) is 47.5 Å². The molecule has 9 heteroatoms. The molecule has 3 aromatic rings. The van der Waals surface area contributed by atoms with Crippen LogP contribution < -0.4 is 10.9 Å². The Hall–Kier alpha value is -2.52. The maximum Gasteiger partial charge on any atom is 0.348 e. The first kappa shape index (κ1) is 19.2. The van der Waals surface area contributed by atoms with Gasteiger partial charge >= 0.3 is 5.97 Å². The highest BCUT2D eigenvalue weighted by atomic mass is 79.9. The van der Waals surface area contributed by atoms with Crippen molar-refractivity contribution in [1.29, 1.82) is 0 Å². The number of nitrogens with one attached hydrogen (secondary N) is 1. The van der Waals surface area contributed by atoms with Gasteiger partial charge in [0, 0.05) is 4.47 Å². The molecule has 1 amide bonds. The van der Waals surface area contributed by atoms with Crippen LogP contribution in [0.1, 0.15) is 22.2 Å². The number of anilines is 1. The molecule has 0 unspecified atom stereocenters. The second kappa shape index (κ2) is 8.01. The van der Waals surface area contributed by atoms with E-state index in [0.717, 1.165) is 15.8 Å². The number of carbonyl (C=O) groups excluding carboxylic acids is 2. The van der Waals surface area contributed by atoms with Gasteiger partial charge in [0.25, 0.3) is 5.56 Å². The molecule has 1 aromatic carbocycles. The van der Waals surface area contributed by atoms with Crippen molar-refractivity contribution in [1.82, 2.24) is 9.55 Å². The molecule has 0 atom stereocenters. The van der Waals surface area contributed by atoms with Crippen LogP contribution in [-0.2, 0) is 16.1 Å². The van der Waals surface area contributed by atoms with Gasteiger partial charge in [0.1, 0.15) is 16.3 Å². The molecule has 0 spiro atoms. The second-order valence-corrected chi connectivity index (χ2v) is 7.52. The van der Waals surface area contributed by atoms with Gasteiger partial charge < -0.3 is 10.1 Å². The van der Waals surface area contributed by atoms with Crippen LogP contribution in [0.5, 0.6) is 0 Å². The van der Waals surface area contributed by atoms with Gasteiger partial charge in [0.15, 0.2) is 0 Å². The number of para-hydroxylation sites is 1. The topological polar surface area (TPSA) is 90.3 Å². The zero-order chi connectivity index (χ0) is 19.6. The number of hydrogen-bond acceptors (Lipinski definition) is 6. The Morgan fingerprint density at radius 1 is 1.33 bits per heavy atom. The summed E-state index contributed by atoms with van der Waals surface area (Å²) < 4.78 is 6.98. The number of carbonyl (C=O) groups is 2. The summed E-state index contributed by atoms with van der Waals surface area (Å²) in [6.07, 6.45) is 1.31. The standard InChI is InChI=1S/C18H16BrN3O4S/c1-3-26-18(25)15-10(2)14-16(27-15)20-9-22(17(14)24)8-13(23)21-12-7-5-4-6-11(12)19/h4-7,9H,3,8H2,1-2H3,(H,21,23). The number of esters is 1. The van der Waals surface area contributed by atoms with Gasteiger partial charge in [-0.3, -0.25) is 14.2 Å². The average Bonchev–Trinajstić information content (AvgIpc) is 2.97. The normalized spacial score (nSPS) is 10.8. The van der Waals surface area contributed by atoms with E-state index < -0.39 is 5.97 Å². The third kappa shape index (κ3) is 3.93. The summed E-state index contributed by atoms with van der Waals surface area (Å²) in [5.74, 6) is -0.834. The van der Waals surface area contributed by atoms with Crippen molar-refractivity contribution in [3.63, 3.8) is 0 Å². The molecule has 0 fully saturated rings. The first-order valence-electron chi connectivity index (χ1n) is 8.12. The number of rotatable bonds is 5. The van der Waals surface area contributed by atoms with E-state index in [2.05, 4.69) is 26.2 Å². The smallest absolute Gasteiger partial charge is 0.348 e. The lowest BCUT2D eigenvalue weighted by Gasteiger charge is -2.08. The van der Waals surface area contributed by atoms with E-state index in [9.17, 15) is 14.4 Å². The number of halogens is 1. The summed E-state index contributed by atoms with van der Waals surface area (Å²) >= 11 is 4.47. The number of ether oxygens (including phenoxy) is 1. The highest BCUT2D eigenvalue weighted by molar-refractivity contribution is 9.10. The van der Waals surface area contributed by atoms with Crippen LogP contribution in [0, 0.1) is 6.92 Å². The molecule has 0 saturated carbocycles. The van der Waals surface area contributed by atoms with Crippen molar-refractivity contribution in [2.45, 2.75) is 20.4 Å². The van der Waals surface area contributed by atoms with Gasteiger partial charge in [0.05, 0.1) is 24.0 Å². The van der Waals surface area contributed by atoms with E-state index >= 15 is 0 Å². The summed E-state index contributed by atoms with van der Waals surface area (Å²) in [6, 6.07) is 7.19. The monoisotopic (exact) mass is 449 g/mol. The first-order chi connectivity index (χ1) is 12.9. The van der Waals surface area contributed by atoms with E-state index in [1.807, 2.05) is 6.07 Å². The Morgan fingerprint density at radius 2 is 2.07 bits per heavy atom. The fraction of sp³-hybridized carbons (Fsp3) is 0.222. The maximum absolute atomic E-state index is 12.8. The summed E-state index contributed by atoms with van der Waals surface area (Å²) in [5, 5.41) is 3.08. The molecular formula is C18H16BrN3O4S. The Balaban J connectivity index is 1.90. The lowest BCUT2D eigenvalue weighted by molar-refractivity contribution is -0.116. The van der Waals surface area contributed by atoms with E-state index in [0.29, 0.717) is 26.3 Å². The highest BCUT2D eigenvalue weighted by Gasteiger charge is 2.20. The summed E-state index contributed by atoms with van der Waals surface area (Å²) in [6.45, 7) is 3.46. The number of fused-ring (bicyclic) bond motifs is 1. The van der Waals surface area contributed by atoms with Gasteiger partial charge in [-0.1, -0.05) is 12.1 Å². The molecule has 27 heavy (non-hydrogen) atoms. The number of hydrogen-bond donors (Lipinski definition) is 1. The predicted octanol–water partition coefficient (Wildman–Crippen LogP) is 3.34. The SMILES string of the molecule is CCOC(=O)c1sc2ncn(CC(=O)Nc3ccccc3Br)c(=O)c2c1C. The Labute approximate surface area is 167 Å². The number of benzene rings is 1. The largest absolute Gasteiger partial charge is 0.462 e. The van der Waals surface area contributed by atoms with Crippen LogP contribution in [0.25, 0.3) is 10.2 Å². The zero-order valence-electron chi connectivity index (χ0n) is 14.6. The molecule has 0 saturated heterocycles. The molecule has 140 valence electrons. The van der Waals surface area contributed by atoms with Crippen molar-refractivity contribution in [3.8, 4) is 0 Å². The van der Waals surface area contributed by atoms with Crippen LogP contribution in [0.4, 0.5) is 5.69 Å². The van der Waals surface area contributed by atoms with E-state index in [4.69, 9.17) is 4.74 Å². The van der Waals surface area contributed by atoms with Crippen LogP contribution >= 0.6 is 27.3 Å². The molecule has 0 radical (unpaired) electrons. The molecule has 2 aromatic heterocycles. The Morgan fingerprint density at radius 3 is 2.78 bits per heavy atom. The van der Waals surface area contributed by atoms with Gasteiger partial charge in [-0.15, -0.1) is 11.3 Å². The second-order valence-electron chi connectivity index (χ2n) is 5.66. The lowest BCUT2D eigenvalue weighted by Crippen LogP contribution is -2.28. The van der Waals surface area contributed by atoms with Crippen LogP contribution in [0.3, 0.4) is 0 Å². The van der Waals surface area contributed by atoms with Gasteiger partial charge in [0.2, 0.25) is 5.91 Å². The Bertz CT molecular complexity index is 1090. The molecule has 2 heterocycles. The van der Waals surface area contributed by atoms with Crippen molar-refractivity contribution in [3.05, 3.63) is 55.9 Å². The lowest BCUT2D eigenvalue weighted by atomic mass is 10.2. The van der Waals surface area contributed by atoms with Crippen molar-refractivity contribution < 1.29 is 14.3 Å². The fourth-order valence-electron chi connectivity index (χ4n) is 2.57. The predicted molar refractivity (Wildman–Crippen MR) is 107 cm³/mol. The number of aryl methyl sites for hydroxylation is 1. The molecule has 3 rings (SSSR count). The molecular weight excluding hydrogens is 434 g/mol. The maximum atomic E-state index is 12.8. The fourth-order valence-corrected chi connectivity index (χ4v) is 3.99. The minimum Gasteiger partial charge on any atom is -0.462 e. The minimum absolute atomic E-state index is 0.187. The van der Waals surface area contributed by atoms with Gasteiger partial charge in [-0.2, -0.15) is 0 Å². The number of nitrogens with zero attached hydrogens (tertiary/aromatic N) is 2. The van der Waals surface area contributed by atoms with E-state index in [1.54, 1.807) is 32.0 Å². The average molecular weight is 450 g/mol. The Kier molecular flexibility index (Phi) is 5.71. The van der Waals surface area contributed by atoms with Crippen LogP contribution in [-0.4, -0.2) is 28.0 Å². The molecule has 7 nitrogen and oxygen atoms in total. The third-order valence-corrected chi connectivity index (χ3v) is 5.71. The zero-order valence-corrected chi connectivity index (χ0v) is 17.0. The summed E-state index contributed by atoms with van der Waals surface area (Å²) in [4.78, 5) is 42.2. The third-order valence-electron chi connectivity index (χ3n) is 3.84. The number of thiophene rings is 1. The number of amides is 1. The van der Waals surface area contributed by atoms with Gasteiger partial charge in [-0.25, -0.2) is 9.78 Å². The highest BCUT2D eigenvalue weighted by Crippen LogP contribution is 2.27. The molecule has 0 aliphatic rings. The van der Waals surface area contributed by atoms with E-state index in [1.165, 1.54) is 10.9 Å². The van der Waals surface area contributed by atoms with Crippen LogP contribution in [0.2, 0.25) is 0 Å². The summed E-state index contributed by atoms with van der Waals surface area (Å²) in [5.41, 5.74) is 0.763.